The molecule has 0 saturated heterocycles. The van der Waals surface area contributed by atoms with E-state index in [0.717, 1.165) is 17.1 Å². The summed E-state index contributed by atoms with van der Waals surface area (Å²) in [6, 6.07) is 5.94. The molecule has 1 atom stereocenters. The van der Waals surface area contributed by atoms with Gasteiger partial charge in [-0.2, -0.15) is 0 Å². The van der Waals surface area contributed by atoms with E-state index >= 15 is 0 Å². The van der Waals surface area contributed by atoms with Crippen molar-refractivity contribution in [1.82, 2.24) is 5.32 Å². The van der Waals surface area contributed by atoms with Gasteiger partial charge in [0.15, 0.2) is 0 Å². The Kier molecular flexibility index (Phi) is 6.18. The Bertz CT molecular complexity index is 326. The fourth-order valence-electron chi connectivity index (χ4n) is 1.66. The second kappa shape index (κ2) is 7.16. The molecule has 0 radical (unpaired) electrons. The minimum absolute atomic E-state index is 0.279. The maximum Gasteiger partial charge on any atom is 0.0468 e. The molecule has 1 aromatic rings. The van der Waals surface area contributed by atoms with Gasteiger partial charge in [0.2, 0.25) is 0 Å². The third-order valence-electron chi connectivity index (χ3n) is 2.66. The van der Waals surface area contributed by atoms with Gasteiger partial charge in [-0.25, -0.2) is 0 Å². The molecule has 1 unspecified atom stereocenters. The predicted octanol–water partition coefficient (Wildman–Crippen LogP) is 4.83. The first kappa shape index (κ1) is 13.8. The quantitative estimate of drug-likeness (QED) is 0.722. The fourth-order valence-corrected chi connectivity index (χ4v) is 2.23. The van der Waals surface area contributed by atoms with Crippen molar-refractivity contribution in [3.8, 4) is 0 Å². The maximum absolute atomic E-state index is 6.14. The van der Waals surface area contributed by atoms with Gasteiger partial charge in [-0.1, -0.05) is 49.0 Å². The number of benzene rings is 1. The van der Waals surface area contributed by atoms with E-state index in [0.29, 0.717) is 5.02 Å². The van der Waals surface area contributed by atoms with Gasteiger partial charge in [0, 0.05) is 16.1 Å². The molecule has 0 bridgehead atoms. The first-order valence-electron chi connectivity index (χ1n) is 5.83. The van der Waals surface area contributed by atoms with E-state index in [1.54, 1.807) is 6.07 Å². The normalized spacial score (nSPS) is 12.8. The summed E-state index contributed by atoms with van der Waals surface area (Å²) >= 11 is 12.0. The molecule has 1 rings (SSSR count). The second-order valence-electron chi connectivity index (χ2n) is 4.05. The average molecular weight is 260 g/mol. The molecule has 0 aliphatic carbocycles. The van der Waals surface area contributed by atoms with Crippen molar-refractivity contribution in [2.45, 2.75) is 39.2 Å². The largest absolute Gasteiger partial charge is 0.310 e. The van der Waals surface area contributed by atoms with Crippen LogP contribution in [0.2, 0.25) is 10.0 Å². The first-order valence-corrected chi connectivity index (χ1v) is 6.59. The monoisotopic (exact) mass is 259 g/mol. The second-order valence-corrected chi connectivity index (χ2v) is 4.89. The number of hydrogen-bond donors (Lipinski definition) is 1. The third-order valence-corrected chi connectivity index (χ3v) is 3.22. The third kappa shape index (κ3) is 4.32. The van der Waals surface area contributed by atoms with E-state index in [9.17, 15) is 0 Å². The molecule has 0 aromatic heterocycles. The van der Waals surface area contributed by atoms with E-state index < -0.39 is 0 Å². The zero-order chi connectivity index (χ0) is 12.0. The molecule has 0 amide bonds. The molecule has 0 spiro atoms. The highest BCUT2D eigenvalue weighted by atomic mass is 35.5. The minimum atomic E-state index is 0.279. The number of hydrogen-bond acceptors (Lipinski definition) is 1. The topological polar surface area (TPSA) is 12.0 Å². The van der Waals surface area contributed by atoms with Crippen LogP contribution in [0.3, 0.4) is 0 Å². The Hall–Kier alpha value is -0.240. The molecule has 90 valence electrons. The lowest BCUT2D eigenvalue weighted by Crippen LogP contribution is -2.20. The van der Waals surface area contributed by atoms with Crippen molar-refractivity contribution >= 4 is 23.2 Å². The molecule has 0 aliphatic heterocycles. The van der Waals surface area contributed by atoms with Crippen LogP contribution in [0.1, 0.15) is 44.7 Å². The average Bonchev–Trinajstić information content (AvgIpc) is 2.24. The molecule has 1 aromatic carbocycles. The van der Waals surface area contributed by atoms with Crippen molar-refractivity contribution in [3.63, 3.8) is 0 Å². The van der Waals surface area contributed by atoms with E-state index in [4.69, 9.17) is 23.2 Å². The van der Waals surface area contributed by atoms with E-state index in [1.807, 2.05) is 12.1 Å². The van der Waals surface area contributed by atoms with Crippen LogP contribution in [0.4, 0.5) is 0 Å². The molecule has 0 fully saturated rings. The Balaban J connectivity index is 2.49. The summed E-state index contributed by atoms with van der Waals surface area (Å²) in [7, 11) is 0. The first-order chi connectivity index (χ1) is 7.65. The van der Waals surface area contributed by atoms with Crippen LogP contribution < -0.4 is 5.32 Å². The lowest BCUT2D eigenvalue weighted by molar-refractivity contribution is 0.544. The van der Waals surface area contributed by atoms with Crippen LogP contribution in [0.15, 0.2) is 18.2 Å². The van der Waals surface area contributed by atoms with Crippen molar-refractivity contribution in [2.75, 3.05) is 6.54 Å². The van der Waals surface area contributed by atoms with Crippen molar-refractivity contribution in [1.29, 1.82) is 0 Å². The highest BCUT2D eigenvalue weighted by molar-refractivity contribution is 6.35. The Morgan fingerprint density at radius 1 is 1.25 bits per heavy atom. The molecular formula is C13H19Cl2N. The van der Waals surface area contributed by atoms with E-state index in [2.05, 4.69) is 19.2 Å². The molecule has 1 N–H and O–H groups in total. The van der Waals surface area contributed by atoms with Gasteiger partial charge in [0.1, 0.15) is 0 Å². The summed E-state index contributed by atoms with van der Waals surface area (Å²) in [4.78, 5) is 0. The fraction of sp³-hybridized carbons (Fsp3) is 0.538. The summed E-state index contributed by atoms with van der Waals surface area (Å²) in [6.07, 6.45) is 3.73. The van der Waals surface area contributed by atoms with Crippen LogP contribution in [0, 0.1) is 0 Å². The molecule has 1 nitrogen and oxygen atoms in total. The number of halogens is 2. The highest BCUT2D eigenvalue weighted by Gasteiger charge is 2.08. The Morgan fingerprint density at radius 3 is 2.62 bits per heavy atom. The zero-order valence-electron chi connectivity index (χ0n) is 9.89. The van der Waals surface area contributed by atoms with Gasteiger partial charge in [-0.3, -0.25) is 0 Å². The zero-order valence-corrected chi connectivity index (χ0v) is 11.4. The van der Waals surface area contributed by atoms with Gasteiger partial charge in [-0.15, -0.1) is 0 Å². The summed E-state index contributed by atoms with van der Waals surface area (Å²) in [5, 5.41) is 4.89. The van der Waals surface area contributed by atoms with Gasteiger partial charge in [0.25, 0.3) is 0 Å². The van der Waals surface area contributed by atoms with Gasteiger partial charge in [0.05, 0.1) is 0 Å². The molecule has 0 aliphatic rings. The van der Waals surface area contributed by atoms with Gasteiger partial charge in [-0.05, 0) is 37.6 Å². The van der Waals surface area contributed by atoms with E-state index in [-0.39, 0.29) is 6.04 Å². The number of nitrogens with one attached hydrogen (secondary N) is 1. The molecule has 16 heavy (non-hydrogen) atoms. The standard InChI is InChI=1S/C13H19Cl2N/c1-3-4-5-8-16-10(2)12-7-6-11(14)9-13(12)15/h6-7,9-10,16H,3-5,8H2,1-2H3. The Labute approximate surface area is 108 Å². The summed E-state index contributed by atoms with van der Waals surface area (Å²) in [5.41, 5.74) is 1.11. The van der Waals surface area contributed by atoms with Crippen LogP contribution >= 0.6 is 23.2 Å². The lowest BCUT2D eigenvalue weighted by Gasteiger charge is -2.15. The Morgan fingerprint density at radius 2 is 2.00 bits per heavy atom. The van der Waals surface area contributed by atoms with Gasteiger partial charge < -0.3 is 5.32 Å². The molecule has 3 heteroatoms. The molecular weight excluding hydrogens is 241 g/mol. The smallest absolute Gasteiger partial charge is 0.0468 e. The van der Waals surface area contributed by atoms with Crippen molar-refractivity contribution in [3.05, 3.63) is 33.8 Å². The van der Waals surface area contributed by atoms with Gasteiger partial charge >= 0.3 is 0 Å². The van der Waals surface area contributed by atoms with Crippen LogP contribution in [0.5, 0.6) is 0 Å². The van der Waals surface area contributed by atoms with Crippen LogP contribution in [0.25, 0.3) is 0 Å². The van der Waals surface area contributed by atoms with Crippen molar-refractivity contribution < 1.29 is 0 Å². The van der Waals surface area contributed by atoms with Crippen LogP contribution in [-0.4, -0.2) is 6.54 Å². The minimum Gasteiger partial charge on any atom is -0.310 e. The summed E-state index contributed by atoms with van der Waals surface area (Å²) in [5.74, 6) is 0. The number of unbranched alkanes of at least 4 members (excludes halogenated alkanes) is 2. The SMILES string of the molecule is CCCCCNC(C)c1ccc(Cl)cc1Cl. The summed E-state index contributed by atoms with van der Waals surface area (Å²) in [6.45, 7) is 5.37. The molecule has 0 saturated carbocycles. The maximum atomic E-state index is 6.14. The molecule has 0 heterocycles. The summed E-state index contributed by atoms with van der Waals surface area (Å²) < 4.78 is 0. The van der Waals surface area contributed by atoms with E-state index in [1.165, 1.54) is 19.3 Å². The highest BCUT2D eigenvalue weighted by Crippen LogP contribution is 2.25. The predicted molar refractivity (Wildman–Crippen MR) is 72.4 cm³/mol. The van der Waals surface area contributed by atoms with Crippen LogP contribution in [-0.2, 0) is 0 Å². The number of rotatable bonds is 6. The van der Waals surface area contributed by atoms with Crippen molar-refractivity contribution in [2.24, 2.45) is 0 Å². The lowest BCUT2D eigenvalue weighted by atomic mass is 10.1.